The van der Waals surface area contributed by atoms with Crippen LogP contribution in [0.1, 0.15) is 16.1 Å². The van der Waals surface area contributed by atoms with E-state index in [1.165, 1.54) is 6.20 Å². The minimum Gasteiger partial charge on any atom is -0.382 e. The van der Waals surface area contributed by atoms with Crippen LogP contribution in [0.15, 0.2) is 53.8 Å². The number of nitrogens with zero attached hydrogens (tertiary/aromatic N) is 3. The smallest absolute Gasteiger partial charge is 0.278 e. The van der Waals surface area contributed by atoms with E-state index in [9.17, 15) is 4.79 Å². The van der Waals surface area contributed by atoms with Crippen LogP contribution >= 0.6 is 11.9 Å². The first-order valence-electron chi connectivity index (χ1n) is 7.40. The fourth-order valence-corrected chi connectivity index (χ4v) is 2.40. The molecule has 3 rings (SSSR count). The van der Waals surface area contributed by atoms with E-state index in [1.807, 2.05) is 31.2 Å². The Morgan fingerprint density at radius 1 is 1.08 bits per heavy atom. The predicted molar refractivity (Wildman–Crippen MR) is 98.9 cm³/mol. The maximum atomic E-state index is 12.5. The summed E-state index contributed by atoms with van der Waals surface area (Å²) < 4.78 is 0. The van der Waals surface area contributed by atoms with Gasteiger partial charge in [-0.2, -0.15) is 0 Å². The second-order valence-electron chi connectivity index (χ2n) is 5.31. The summed E-state index contributed by atoms with van der Waals surface area (Å²) in [6.45, 7) is 2.00. The molecule has 0 saturated carbocycles. The maximum Gasteiger partial charge on any atom is 0.278 e. The molecule has 2 aromatic heterocycles. The number of benzene rings is 1. The van der Waals surface area contributed by atoms with Crippen LogP contribution in [0.3, 0.4) is 0 Å². The van der Waals surface area contributed by atoms with Crippen molar-refractivity contribution in [1.29, 1.82) is 0 Å². The first-order chi connectivity index (χ1) is 12.1. The van der Waals surface area contributed by atoms with Crippen molar-refractivity contribution in [3.63, 3.8) is 0 Å². The van der Waals surface area contributed by atoms with E-state index in [1.54, 1.807) is 18.3 Å². The molecule has 1 aromatic carbocycles. The molecule has 0 aliphatic rings. The number of pyridine rings is 1. The summed E-state index contributed by atoms with van der Waals surface area (Å²) in [5.41, 5.74) is 8.98. The Kier molecular flexibility index (Phi) is 4.92. The number of nitrogens with two attached hydrogens (primary N) is 2. The van der Waals surface area contributed by atoms with E-state index < -0.39 is 5.91 Å². The molecule has 2 heterocycles. The Morgan fingerprint density at radius 2 is 1.84 bits per heavy atom. The molecule has 1 amide bonds. The van der Waals surface area contributed by atoms with Crippen LogP contribution in [0.2, 0.25) is 0 Å². The zero-order valence-corrected chi connectivity index (χ0v) is 14.2. The molecule has 0 fully saturated rings. The van der Waals surface area contributed by atoms with E-state index in [0.717, 1.165) is 23.1 Å². The molecular formula is C17H16N6OS. The lowest BCUT2D eigenvalue weighted by Gasteiger charge is -2.08. The molecule has 3 aromatic rings. The minimum absolute atomic E-state index is 0.0651. The number of nitrogen functional groups attached to an aromatic ring is 1. The molecule has 0 aliphatic carbocycles. The highest BCUT2D eigenvalue weighted by Crippen LogP contribution is 2.20. The third kappa shape index (κ3) is 3.93. The molecule has 0 bridgehead atoms. The molecule has 5 N–H and O–H groups in total. The van der Waals surface area contributed by atoms with Gasteiger partial charge in [0.1, 0.15) is 5.03 Å². The van der Waals surface area contributed by atoms with Crippen molar-refractivity contribution in [2.75, 3.05) is 11.1 Å². The lowest BCUT2D eigenvalue weighted by molar-refractivity contribution is 0.102. The second-order valence-corrected chi connectivity index (χ2v) is 5.97. The maximum absolute atomic E-state index is 12.5. The molecule has 0 spiro atoms. The molecule has 0 aliphatic heterocycles. The molecule has 7 nitrogen and oxygen atoms in total. The minimum atomic E-state index is -0.450. The van der Waals surface area contributed by atoms with Gasteiger partial charge in [0.05, 0.1) is 23.8 Å². The summed E-state index contributed by atoms with van der Waals surface area (Å²) in [4.78, 5) is 25.0. The SMILES string of the molecule is Cc1ccc(-c2cnc(N)c(C(=O)Nc3ccc(SN)nc3)n2)cc1. The highest BCUT2D eigenvalue weighted by atomic mass is 32.2. The van der Waals surface area contributed by atoms with Crippen LogP contribution in [0.5, 0.6) is 0 Å². The van der Waals surface area contributed by atoms with Crippen LogP contribution in [0.4, 0.5) is 11.5 Å². The molecule has 8 heteroatoms. The fourth-order valence-electron chi connectivity index (χ4n) is 2.14. The zero-order valence-electron chi connectivity index (χ0n) is 13.4. The number of rotatable bonds is 4. The van der Waals surface area contributed by atoms with Gasteiger partial charge < -0.3 is 11.1 Å². The third-order valence-electron chi connectivity index (χ3n) is 3.48. The summed E-state index contributed by atoms with van der Waals surface area (Å²) in [5, 5.41) is 8.78. The van der Waals surface area contributed by atoms with Gasteiger partial charge in [0.15, 0.2) is 11.5 Å². The Bertz CT molecular complexity index is 896. The van der Waals surface area contributed by atoms with Gasteiger partial charge in [-0.25, -0.2) is 15.0 Å². The standard InChI is InChI=1S/C17H16N6OS/c1-10-2-4-11(5-3-10)13-9-21-16(18)15(23-13)17(24)22-12-6-7-14(25-19)20-8-12/h2-9H,19H2,1H3,(H2,18,21)(H,22,24). The number of anilines is 2. The van der Waals surface area contributed by atoms with E-state index in [4.69, 9.17) is 10.9 Å². The summed E-state index contributed by atoms with van der Waals surface area (Å²) >= 11 is 1.03. The van der Waals surface area contributed by atoms with Gasteiger partial charge in [-0.3, -0.25) is 9.93 Å². The molecular weight excluding hydrogens is 336 g/mol. The lowest BCUT2D eigenvalue weighted by Crippen LogP contribution is -2.17. The average molecular weight is 352 g/mol. The van der Waals surface area contributed by atoms with Gasteiger partial charge in [0.25, 0.3) is 5.91 Å². The van der Waals surface area contributed by atoms with Crippen molar-refractivity contribution in [3.05, 3.63) is 60.0 Å². The molecule has 0 unspecified atom stereocenters. The molecule has 126 valence electrons. The van der Waals surface area contributed by atoms with Crippen LogP contribution in [0, 0.1) is 6.92 Å². The topological polar surface area (TPSA) is 120 Å². The first-order valence-corrected chi connectivity index (χ1v) is 8.28. The number of hydrogen-bond acceptors (Lipinski definition) is 7. The van der Waals surface area contributed by atoms with Gasteiger partial charge >= 0.3 is 0 Å². The number of nitrogens with one attached hydrogen (secondary N) is 1. The zero-order chi connectivity index (χ0) is 17.8. The second kappa shape index (κ2) is 7.29. The highest BCUT2D eigenvalue weighted by Gasteiger charge is 2.15. The first kappa shape index (κ1) is 16.9. The number of aryl methyl sites for hydroxylation is 1. The number of carbonyl (C=O) groups excluding carboxylic acids is 1. The summed E-state index contributed by atoms with van der Waals surface area (Å²) in [5.74, 6) is -0.385. The van der Waals surface area contributed by atoms with Gasteiger partial charge in [-0.15, -0.1) is 0 Å². The fraction of sp³-hybridized carbons (Fsp3) is 0.0588. The Balaban J connectivity index is 1.86. The predicted octanol–water partition coefficient (Wildman–Crippen LogP) is 2.65. The van der Waals surface area contributed by atoms with Crippen LogP contribution < -0.4 is 16.2 Å². The number of hydrogen-bond donors (Lipinski definition) is 3. The van der Waals surface area contributed by atoms with E-state index >= 15 is 0 Å². The van der Waals surface area contributed by atoms with Crippen LogP contribution in [-0.4, -0.2) is 20.9 Å². The number of amides is 1. The summed E-state index contributed by atoms with van der Waals surface area (Å²) in [6.07, 6.45) is 3.06. The van der Waals surface area contributed by atoms with Gasteiger partial charge in [0.2, 0.25) is 0 Å². The van der Waals surface area contributed by atoms with Crippen molar-refractivity contribution in [2.24, 2.45) is 5.14 Å². The van der Waals surface area contributed by atoms with Crippen molar-refractivity contribution < 1.29 is 4.79 Å². The van der Waals surface area contributed by atoms with E-state index in [-0.39, 0.29) is 11.5 Å². The van der Waals surface area contributed by atoms with E-state index in [2.05, 4.69) is 20.3 Å². The van der Waals surface area contributed by atoms with Crippen molar-refractivity contribution in [3.8, 4) is 11.3 Å². The number of carbonyl (C=O) groups is 1. The molecule has 25 heavy (non-hydrogen) atoms. The number of aromatic nitrogens is 3. The van der Waals surface area contributed by atoms with Crippen molar-refractivity contribution in [1.82, 2.24) is 15.0 Å². The van der Waals surface area contributed by atoms with E-state index in [0.29, 0.717) is 16.4 Å². The quantitative estimate of drug-likeness (QED) is 0.617. The molecule has 0 saturated heterocycles. The van der Waals surface area contributed by atoms with Gasteiger partial charge in [-0.05, 0) is 31.0 Å². The van der Waals surface area contributed by atoms with Crippen molar-refractivity contribution >= 4 is 29.4 Å². The molecule has 0 atom stereocenters. The monoisotopic (exact) mass is 352 g/mol. The van der Waals surface area contributed by atoms with Crippen molar-refractivity contribution in [2.45, 2.75) is 11.9 Å². The Hall–Kier alpha value is -2.97. The summed E-state index contributed by atoms with van der Waals surface area (Å²) in [7, 11) is 0. The summed E-state index contributed by atoms with van der Waals surface area (Å²) in [6, 6.07) is 11.2. The Labute approximate surface area is 149 Å². The van der Waals surface area contributed by atoms with Crippen LogP contribution in [0.25, 0.3) is 11.3 Å². The largest absolute Gasteiger partial charge is 0.382 e. The lowest BCUT2D eigenvalue weighted by atomic mass is 10.1. The van der Waals surface area contributed by atoms with Gasteiger partial charge in [-0.1, -0.05) is 29.8 Å². The van der Waals surface area contributed by atoms with Gasteiger partial charge in [0, 0.05) is 5.56 Å². The molecule has 0 radical (unpaired) electrons. The Morgan fingerprint density at radius 3 is 2.48 bits per heavy atom. The third-order valence-corrected chi connectivity index (χ3v) is 3.96. The normalized spacial score (nSPS) is 10.5. The average Bonchev–Trinajstić information content (AvgIpc) is 2.63. The van der Waals surface area contributed by atoms with Crippen LogP contribution in [-0.2, 0) is 0 Å². The highest BCUT2D eigenvalue weighted by molar-refractivity contribution is 7.97.